The van der Waals surface area contributed by atoms with Crippen LogP contribution in [0.4, 0.5) is 0 Å². The van der Waals surface area contributed by atoms with Crippen LogP contribution < -0.4 is 0 Å². The zero-order valence-corrected chi connectivity index (χ0v) is 8.87. The minimum Gasteiger partial charge on any atom is -0.476 e. The minimum absolute atomic E-state index is 0.115. The molecule has 0 radical (unpaired) electrons. The molecule has 0 spiro atoms. The Bertz CT molecular complexity index is 441. The summed E-state index contributed by atoms with van der Waals surface area (Å²) in [6, 6.07) is 0. The molecule has 0 saturated carbocycles. The summed E-state index contributed by atoms with van der Waals surface area (Å²) in [5.74, 6) is 0.745. The van der Waals surface area contributed by atoms with Gasteiger partial charge in [0, 0.05) is 17.0 Å². The number of carboxylic acids is 1. The second kappa shape index (κ2) is 3.70. The molecule has 0 bridgehead atoms. The number of fused-ring (bicyclic) bond motifs is 1. The van der Waals surface area contributed by atoms with Gasteiger partial charge in [0.05, 0.1) is 0 Å². The highest BCUT2D eigenvalue weighted by Gasteiger charge is 2.19. The standard InChI is InChI=1S/C8H8N2O2S2/c11-7(12)6-4-1-2-14-3-5(4)9-8(13)10-6/h1-3H2,(H,11,12)(H,9,10,13). The number of carboxylic acid groups (broad SMARTS) is 1. The fraction of sp³-hybridized carbons (Fsp3) is 0.375. The summed E-state index contributed by atoms with van der Waals surface area (Å²) in [5, 5.41) is 8.94. The molecule has 4 nitrogen and oxygen atoms in total. The van der Waals surface area contributed by atoms with E-state index in [1.54, 1.807) is 11.8 Å². The molecular weight excluding hydrogens is 220 g/mol. The number of nitrogens with zero attached hydrogens (tertiary/aromatic N) is 1. The van der Waals surface area contributed by atoms with Crippen LogP contribution in [0.15, 0.2) is 0 Å². The number of H-pyrrole nitrogens is 1. The van der Waals surface area contributed by atoms with Gasteiger partial charge < -0.3 is 10.1 Å². The van der Waals surface area contributed by atoms with Crippen molar-refractivity contribution in [1.29, 1.82) is 0 Å². The van der Waals surface area contributed by atoms with E-state index >= 15 is 0 Å². The maximum atomic E-state index is 10.9. The zero-order valence-electron chi connectivity index (χ0n) is 7.24. The number of thioether (sulfide) groups is 1. The van der Waals surface area contributed by atoms with Crippen LogP contribution in [-0.4, -0.2) is 26.8 Å². The van der Waals surface area contributed by atoms with Crippen molar-refractivity contribution in [2.24, 2.45) is 0 Å². The monoisotopic (exact) mass is 228 g/mol. The molecule has 0 saturated heterocycles. The van der Waals surface area contributed by atoms with Crippen LogP contribution in [0.5, 0.6) is 0 Å². The molecule has 0 amide bonds. The summed E-state index contributed by atoms with van der Waals surface area (Å²) in [5.41, 5.74) is 1.84. The van der Waals surface area contributed by atoms with Crippen molar-refractivity contribution in [2.45, 2.75) is 12.2 Å². The third-order valence-electron chi connectivity index (χ3n) is 2.07. The fourth-order valence-electron chi connectivity index (χ4n) is 1.46. The summed E-state index contributed by atoms with van der Waals surface area (Å²) in [6.45, 7) is 0. The van der Waals surface area contributed by atoms with Crippen LogP contribution in [0.3, 0.4) is 0 Å². The normalized spacial score (nSPS) is 14.9. The van der Waals surface area contributed by atoms with E-state index in [0.29, 0.717) is 0 Å². The van der Waals surface area contributed by atoms with Gasteiger partial charge in [0.2, 0.25) is 0 Å². The Morgan fingerprint density at radius 2 is 2.43 bits per heavy atom. The van der Waals surface area contributed by atoms with E-state index in [1.807, 2.05) is 0 Å². The smallest absolute Gasteiger partial charge is 0.354 e. The first-order valence-corrected chi connectivity index (χ1v) is 5.68. The van der Waals surface area contributed by atoms with Crippen LogP contribution in [-0.2, 0) is 12.2 Å². The van der Waals surface area contributed by atoms with Crippen LogP contribution in [0, 0.1) is 4.77 Å². The van der Waals surface area contributed by atoms with Gasteiger partial charge in [-0.3, -0.25) is 0 Å². The molecule has 2 heterocycles. The fourth-order valence-corrected chi connectivity index (χ4v) is 2.62. The van der Waals surface area contributed by atoms with E-state index < -0.39 is 5.97 Å². The third-order valence-corrected chi connectivity index (χ3v) is 3.25. The molecule has 0 aromatic carbocycles. The lowest BCUT2D eigenvalue weighted by Gasteiger charge is -2.16. The van der Waals surface area contributed by atoms with Crippen molar-refractivity contribution in [3.63, 3.8) is 0 Å². The molecule has 74 valence electrons. The summed E-state index contributed by atoms with van der Waals surface area (Å²) < 4.78 is 0.253. The number of nitrogens with one attached hydrogen (secondary N) is 1. The average molecular weight is 228 g/mol. The number of hydrogen-bond donors (Lipinski definition) is 2. The van der Waals surface area contributed by atoms with E-state index in [4.69, 9.17) is 17.3 Å². The van der Waals surface area contributed by atoms with Gasteiger partial charge in [-0.1, -0.05) is 0 Å². The minimum atomic E-state index is -0.992. The molecule has 0 atom stereocenters. The summed E-state index contributed by atoms with van der Waals surface area (Å²) in [7, 11) is 0. The second-order valence-electron chi connectivity index (χ2n) is 2.96. The average Bonchev–Trinajstić information content (AvgIpc) is 2.16. The number of rotatable bonds is 1. The molecule has 2 rings (SSSR count). The topological polar surface area (TPSA) is 66.0 Å². The SMILES string of the molecule is O=C(O)c1nc(=S)[nH]c2c1CCSC2. The van der Waals surface area contributed by atoms with Gasteiger partial charge in [0.15, 0.2) is 10.5 Å². The van der Waals surface area contributed by atoms with Gasteiger partial charge in [-0.25, -0.2) is 9.78 Å². The van der Waals surface area contributed by atoms with Crippen molar-refractivity contribution in [3.8, 4) is 0 Å². The Hall–Kier alpha value is -0.880. The summed E-state index contributed by atoms with van der Waals surface area (Å²) in [4.78, 5) is 17.7. The van der Waals surface area contributed by atoms with Crippen molar-refractivity contribution >= 4 is 29.9 Å². The van der Waals surface area contributed by atoms with Crippen molar-refractivity contribution in [2.75, 3.05) is 5.75 Å². The maximum absolute atomic E-state index is 10.9. The quantitative estimate of drug-likeness (QED) is 0.715. The lowest BCUT2D eigenvalue weighted by Crippen LogP contribution is -2.14. The molecule has 14 heavy (non-hydrogen) atoms. The Morgan fingerprint density at radius 3 is 3.14 bits per heavy atom. The molecule has 1 aliphatic rings. The summed E-state index contributed by atoms with van der Waals surface area (Å²) >= 11 is 6.63. The second-order valence-corrected chi connectivity index (χ2v) is 4.45. The lowest BCUT2D eigenvalue weighted by molar-refractivity contribution is 0.0688. The number of aromatic nitrogens is 2. The zero-order chi connectivity index (χ0) is 10.1. The number of aromatic amines is 1. The maximum Gasteiger partial charge on any atom is 0.354 e. The molecular formula is C8H8N2O2S2. The first-order valence-electron chi connectivity index (χ1n) is 4.11. The molecule has 2 N–H and O–H groups in total. The van der Waals surface area contributed by atoms with E-state index in [1.165, 1.54) is 0 Å². The molecule has 0 fully saturated rings. The van der Waals surface area contributed by atoms with E-state index in [-0.39, 0.29) is 10.5 Å². The molecule has 0 unspecified atom stereocenters. The van der Waals surface area contributed by atoms with Crippen LogP contribution >= 0.6 is 24.0 Å². The molecule has 6 heteroatoms. The van der Waals surface area contributed by atoms with Crippen molar-refractivity contribution in [3.05, 3.63) is 21.7 Å². The highest BCUT2D eigenvalue weighted by atomic mass is 32.2. The Morgan fingerprint density at radius 1 is 1.64 bits per heavy atom. The highest BCUT2D eigenvalue weighted by Crippen LogP contribution is 2.24. The van der Waals surface area contributed by atoms with E-state index in [0.717, 1.165) is 29.2 Å². The Kier molecular flexibility index (Phi) is 2.56. The van der Waals surface area contributed by atoms with Crippen LogP contribution in [0.1, 0.15) is 21.7 Å². The number of aromatic carboxylic acids is 1. The van der Waals surface area contributed by atoms with Gasteiger partial charge in [-0.05, 0) is 24.4 Å². The Labute approximate surface area is 89.8 Å². The van der Waals surface area contributed by atoms with Gasteiger partial charge in [0.1, 0.15) is 0 Å². The van der Waals surface area contributed by atoms with Crippen LogP contribution in [0.25, 0.3) is 0 Å². The van der Waals surface area contributed by atoms with Crippen molar-refractivity contribution in [1.82, 2.24) is 9.97 Å². The number of hydrogen-bond acceptors (Lipinski definition) is 4. The number of carbonyl (C=O) groups is 1. The third kappa shape index (κ3) is 1.67. The van der Waals surface area contributed by atoms with Gasteiger partial charge in [-0.15, -0.1) is 0 Å². The van der Waals surface area contributed by atoms with E-state index in [2.05, 4.69) is 9.97 Å². The van der Waals surface area contributed by atoms with Crippen molar-refractivity contribution < 1.29 is 9.90 Å². The molecule has 1 aromatic heterocycles. The molecule has 1 aromatic rings. The predicted molar refractivity (Wildman–Crippen MR) is 56.2 cm³/mol. The first-order chi connectivity index (χ1) is 6.68. The van der Waals surface area contributed by atoms with Gasteiger partial charge in [-0.2, -0.15) is 11.8 Å². The van der Waals surface area contributed by atoms with Crippen LogP contribution in [0.2, 0.25) is 0 Å². The van der Waals surface area contributed by atoms with Gasteiger partial charge in [0.25, 0.3) is 0 Å². The first kappa shape index (κ1) is 9.67. The highest BCUT2D eigenvalue weighted by molar-refractivity contribution is 7.98. The summed E-state index contributed by atoms with van der Waals surface area (Å²) in [6.07, 6.45) is 0.751. The molecule has 0 aliphatic carbocycles. The van der Waals surface area contributed by atoms with E-state index in [9.17, 15) is 4.79 Å². The van der Waals surface area contributed by atoms with Gasteiger partial charge >= 0.3 is 5.97 Å². The predicted octanol–water partition coefficient (Wildman–Crippen LogP) is 1.63. The Balaban J connectivity index is 2.64. The lowest BCUT2D eigenvalue weighted by atomic mass is 10.1. The molecule has 1 aliphatic heterocycles. The largest absolute Gasteiger partial charge is 0.476 e.